The van der Waals surface area contributed by atoms with Crippen LogP contribution in [0.25, 0.3) is 33.3 Å². The van der Waals surface area contributed by atoms with Gasteiger partial charge < -0.3 is 20.5 Å². The number of carbonyl (C=O) groups is 1. The van der Waals surface area contributed by atoms with Crippen molar-refractivity contribution in [3.63, 3.8) is 0 Å². The van der Waals surface area contributed by atoms with Crippen molar-refractivity contribution in [2.75, 3.05) is 18.0 Å². The number of carbonyl (C=O) groups excluding carboxylic acids is 1. The molecule has 1 saturated heterocycles. The van der Waals surface area contributed by atoms with Crippen molar-refractivity contribution in [2.45, 2.75) is 44.9 Å². The molecule has 0 spiro atoms. The molecular formula is C30H27F2N7O3. The zero-order valence-electron chi connectivity index (χ0n) is 22.9. The van der Waals surface area contributed by atoms with E-state index in [1.807, 2.05) is 4.90 Å². The maximum absolute atomic E-state index is 15.9. The van der Waals surface area contributed by atoms with Crippen LogP contribution >= 0.6 is 0 Å². The Hall–Kier alpha value is -5.07. The average Bonchev–Trinajstić information content (AvgIpc) is 3.31. The van der Waals surface area contributed by atoms with Crippen LogP contribution in [0.15, 0.2) is 42.6 Å². The van der Waals surface area contributed by atoms with E-state index in [-0.39, 0.29) is 46.2 Å². The summed E-state index contributed by atoms with van der Waals surface area (Å²) in [6.45, 7) is 4.25. The third-order valence-electron chi connectivity index (χ3n) is 7.07. The van der Waals surface area contributed by atoms with Crippen LogP contribution in [0, 0.1) is 34.3 Å². The van der Waals surface area contributed by atoms with Crippen LogP contribution in [0.5, 0.6) is 0 Å². The summed E-state index contributed by atoms with van der Waals surface area (Å²) < 4.78 is 37.3. The molecule has 12 heteroatoms. The second-order valence-corrected chi connectivity index (χ2v) is 10.8. The van der Waals surface area contributed by atoms with E-state index in [0.29, 0.717) is 42.7 Å². The molecule has 1 aliphatic rings. The molecule has 0 bridgehead atoms. The summed E-state index contributed by atoms with van der Waals surface area (Å²) in [5.74, 6) is -1.03. The van der Waals surface area contributed by atoms with Crippen LogP contribution < -0.4 is 10.6 Å². The number of benzene rings is 2. The highest BCUT2D eigenvalue weighted by Gasteiger charge is 2.27. The molecule has 2 aromatic heterocycles. The van der Waals surface area contributed by atoms with Gasteiger partial charge in [-0.2, -0.15) is 15.6 Å². The molecular weight excluding hydrogens is 544 g/mol. The van der Waals surface area contributed by atoms with Gasteiger partial charge in [0.25, 0.3) is 0 Å². The monoisotopic (exact) mass is 571 g/mol. The normalized spacial score (nSPS) is 14.0. The summed E-state index contributed by atoms with van der Waals surface area (Å²) in [6, 6.07) is 12.3. The number of halogens is 2. The zero-order valence-corrected chi connectivity index (χ0v) is 22.9. The number of anilines is 1. The van der Waals surface area contributed by atoms with Gasteiger partial charge >= 0.3 is 6.09 Å². The zero-order chi connectivity index (χ0) is 30.2. The minimum absolute atomic E-state index is 0.0641. The first-order valence-corrected chi connectivity index (χ1v) is 13.2. The van der Waals surface area contributed by atoms with E-state index in [2.05, 4.69) is 11.2 Å². The molecule has 3 heterocycles. The molecule has 5 rings (SSSR count). The molecule has 0 saturated carbocycles. The van der Waals surface area contributed by atoms with Crippen molar-refractivity contribution in [1.29, 1.82) is 10.5 Å². The highest BCUT2D eigenvalue weighted by molar-refractivity contribution is 5.92. The fraction of sp³-hybridized carbons (Fsp3) is 0.300. The number of aromatic nitrogens is 3. The molecule has 0 unspecified atom stereocenters. The number of pyridine rings is 1. The van der Waals surface area contributed by atoms with Crippen molar-refractivity contribution in [2.24, 2.45) is 5.73 Å². The number of fused-ring (bicyclic) bond motifs is 1. The fourth-order valence-corrected chi connectivity index (χ4v) is 5.17. The average molecular weight is 572 g/mol. The Labute approximate surface area is 240 Å². The van der Waals surface area contributed by atoms with Gasteiger partial charge in [0.2, 0.25) is 0 Å². The third-order valence-corrected chi connectivity index (χ3v) is 7.07. The number of nitrogens with two attached hydrogens (primary N) is 1. The maximum Gasteiger partial charge on any atom is 0.404 e. The fourth-order valence-electron chi connectivity index (χ4n) is 5.17. The number of hydrogen-bond donors (Lipinski definition) is 2. The molecule has 10 nitrogen and oxygen atoms in total. The lowest BCUT2D eigenvalue weighted by atomic mass is 9.93. The van der Waals surface area contributed by atoms with Crippen LogP contribution in [-0.4, -0.2) is 50.8 Å². The summed E-state index contributed by atoms with van der Waals surface area (Å²) in [6.07, 6.45) is 1.30. The number of hydrogen-bond acceptors (Lipinski definition) is 8. The molecule has 2 aromatic carbocycles. The first-order chi connectivity index (χ1) is 20.0. The van der Waals surface area contributed by atoms with Crippen LogP contribution in [0.4, 0.5) is 19.4 Å². The van der Waals surface area contributed by atoms with Gasteiger partial charge in [-0.15, -0.1) is 0 Å². The van der Waals surface area contributed by atoms with E-state index in [1.165, 1.54) is 29.1 Å². The summed E-state index contributed by atoms with van der Waals surface area (Å²) in [7, 11) is 0. The van der Waals surface area contributed by atoms with Crippen LogP contribution in [0.3, 0.4) is 0 Å². The number of nitriles is 2. The number of amides is 1. The van der Waals surface area contributed by atoms with Crippen molar-refractivity contribution in [3.8, 4) is 34.5 Å². The molecule has 1 aliphatic heterocycles. The van der Waals surface area contributed by atoms with Gasteiger partial charge in [0.1, 0.15) is 29.6 Å². The van der Waals surface area contributed by atoms with Crippen molar-refractivity contribution in [3.05, 3.63) is 65.4 Å². The van der Waals surface area contributed by atoms with E-state index in [9.17, 15) is 24.8 Å². The molecule has 42 heavy (non-hydrogen) atoms. The Morgan fingerprint density at radius 1 is 1.12 bits per heavy atom. The van der Waals surface area contributed by atoms with Gasteiger partial charge in [0, 0.05) is 54.1 Å². The molecule has 214 valence electrons. The van der Waals surface area contributed by atoms with E-state index in [0.717, 1.165) is 6.07 Å². The largest absolute Gasteiger partial charge is 0.446 e. The van der Waals surface area contributed by atoms with E-state index in [1.54, 1.807) is 32.0 Å². The molecule has 1 fully saturated rings. The lowest BCUT2D eigenvalue weighted by molar-refractivity contribution is 0.0591. The van der Waals surface area contributed by atoms with Crippen LogP contribution in [-0.2, 0) is 11.3 Å². The van der Waals surface area contributed by atoms with E-state index in [4.69, 9.17) is 15.5 Å². The quantitative estimate of drug-likeness (QED) is 0.340. The van der Waals surface area contributed by atoms with E-state index < -0.39 is 23.3 Å². The number of piperidine rings is 1. The minimum atomic E-state index is -1.09. The topological polar surface area (TPSA) is 154 Å². The third kappa shape index (κ3) is 5.71. The van der Waals surface area contributed by atoms with Crippen molar-refractivity contribution < 1.29 is 23.4 Å². The van der Waals surface area contributed by atoms with E-state index >= 15 is 4.39 Å². The van der Waals surface area contributed by atoms with Crippen molar-refractivity contribution in [1.82, 2.24) is 14.8 Å². The lowest BCUT2D eigenvalue weighted by Gasteiger charge is -2.32. The number of aliphatic hydroxyl groups is 1. The number of primary amides is 1. The highest BCUT2D eigenvalue weighted by Crippen LogP contribution is 2.39. The number of ether oxygens (including phenoxy) is 1. The first-order valence-electron chi connectivity index (χ1n) is 13.2. The molecule has 1 amide bonds. The Balaban J connectivity index is 1.66. The second-order valence-electron chi connectivity index (χ2n) is 10.8. The summed E-state index contributed by atoms with van der Waals surface area (Å²) >= 11 is 0. The van der Waals surface area contributed by atoms with Crippen molar-refractivity contribution >= 4 is 22.8 Å². The summed E-state index contributed by atoms with van der Waals surface area (Å²) in [5.41, 5.74) is 5.09. The smallest absolute Gasteiger partial charge is 0.404 e. The first kappa shape index (κ1) is 28.5. The van der Waals surface area contributed by atoms with Crippen LogP contribution in [0.2, 0.25) is 0 Å². The molecule has 0 aliphatic carbocycles. The van der Waals surface area contributed by atoms with Gasteiger partial charge in [-0.3, -0.25) is 4.68 Å². The predicted octanol–water partition coefficient (Wildman–Crippen LogP) is 4.62. The molecule has 4 aromatic rings. The van der Waals surface area contributed by atoms with Gasteiger partial charge in [0.15, 0.2) is 0 Å². The predicted molar refractivity (Wildman–Crippen MR) is 150 cm³/mol. The Morgan fingerprint density at radius 3 is 2.45 bits per heavy atom. The number of nitrogens with zero attached hydrogens (tertiary/aromatic N) is 6. The van der Waals surface area contributed by atoms with Gasteiger partial charge in [-0.1, -0.05) is 6.07 Å². The Bertz CT molecular complexity index is 1770. The van der Waals surface area contributed by atoms with Gasteiger partial charge in [-0.05, 0) is 38.1 Å². The van der Waals surface area contributed by atoms with Gasteiger partial charge in [-0.25, -0.2) is 18.6 Å². The summed E-state index contributed by atoms with van der Waals surface area (Å²) in [4.78, 5) is 17.8. The standard InChI is InChI=1S/C30H27F2N7O3/c1-30(2,41)16-39-25-12-24(32)22(9-20(25)15-36-39)27-19(14-34)11-26(38-7-5-21(6-8-38)42-29(35)40)37-28(27)17-3-4-18(13-33)23(31)10-17/h3-4,9-12,15,21,41H,5-8,16H2,1-2H3,(H2,35,40). The van der Waals surface area contributed by atoms with Crippen LogP contribution in [0.1, 0.15) is 37.8 Å². The Kier molecular flexibility index (Phi) is 7.50. The SMILES string of the molecule is CC(C)(O)Cn1ncc2cc(-c3c(C#N)cc(N4CCC(OC(N)=O)CC4)nc3-c3ccc(C#N)c(F)c3)c(F)cc21. The Morgan fingerprint density at radius 2 is 1.83 bits per heavy atom. The second kappa shape index (κ2) is 11.1. The summed E-state index contributed by atoms with van der Waals surface area (Å²) in [5, 5.41) is 34.6. The van der Waals surface area contributed by atoms with Gasteiger partial charge in [0.05, 0.1) is 46.7 Å². The number of rotatable bonds is 6. The molecule has 3 N–H and O–H groups in total. The lowest BCUT2D eigenvalue weighted by Crippen LogP contribution is -2.39. The highest BCUT2D eigenvalue weighted by atomic mass is 19.1. The molecule has 0 radical (unpaired) electrons. The maximum atomic E-state index is 15.9. The minimum Gasteiger partial charge on any atom is -0.446 e. The molecule has 0 atom stereocenters.